The Hall–Kier alpha value is -0.170. The molecule has 2 saturated heterocycles. The standard InChI is InChI=1S/C17H31NO4S/c1-23(19,20)15-7-5-14(6-8-15)16-3-2-4-17(18-16)22-12-13-9-10-21-11-13/h13-18H,2-12H2,1H3. The number of rotatable bonds is 5. The fraction of sp³-hybridized carbons (Fsp3) is 1.00. The van der Waals surface area contributed by atoms with Crippen LogP contribution in [-0.2, 0) is 19.3 Å². The van der Waals surface area contributed by atoms with Crippen molar-refractivity contribution in [2.75, 3.05) is 26.1 Å². The van der Waals surface area contributed by atoms with Gasteiger partial charge in [0.2, 0.25) is 0 Å². The molecule has 0 aromatic rings. The highest BCUT2D eigenvalue weighted by molar-refractivity contribution is 7.91. The van der Waals surface area contributed by atoms with E-state index in [4.69, 9.17) is 9.47 Å². The van der Waals surface area contributed by atoms with Crippen molar-refractivity contribution in [2.45, 2.75) is 68.9 Å². The zero-order chi connectivity index (χ0) is 16.3. The topological polar surface area (TPSA) is 64.6 Å². The van der Waals surface area contributed by atoms with Crippen molar-refractivity contribution in [3.63, 3.8) is 0 Å². The number of sulfone groups is 1. The third kappa shape index (κ3) is 4.91. The van der Waals surface area contributed by atoms with Crippen molar-refractivity contribution < 1.29 is 17.9 Å². The number of piperidine rings is 1. The summed E-state index contributed by atoms with van der Waals surface area (Å²) in [6, 6.07) is 0.495. The monoisotopic (exact) mass is 345 g/mol. The molecular weight excluding hydrogens is 314 g/mol. The predicted molar refractivity (Wildman–Crippen MR) is 90.0 cm³/mol. The second kappa shape index (κ2) is 7.81. The van der Waals surface area contributed by atoms with Gasteiger partial charge in [0.15, 0.2) is 0 Å². The van der Waals surface area contributed by atoms with E-state index in [9.17, 15) is 8.42 Å². The lowest BCUT2D eigenvalue weighted by Crippen LogP contribution is -2.49. The van der Waals surface area contributed by atoms with Crippen LogP contribution < -0.4 is 5.32 Å². The van der Waals surface area contributed by atoms with E-state index in [1.165, 1.54) is 19.1 Å². The lowest BCUT2D eigenvalue weighted by molar-refractivity contribution is -0.0267. The van der Waals surface area contributed by atoms with Crippen molar-refractivity contribution in [1.82, 2.24) is 5.32 Å². The van der Waals surface area contributed by atoms with Gasteiger partial charge in [0.1, 0.15) is 16.1 Å². The molecule has 6 heteroatoms. The van der Waals surface area contributed by atoms with Crippen LogP contribution in [0.25, 0.3) is 0 Å². The highest BCUT2D eigenvalue weighted by Crippen LogP contribution is 2.33. The molecule has 3 atom stereocenters. The van der Waals surface area contributed by atoms with Gasteiger partial charge >= 0.3 is 0 Å². The van der Waals surface area contributed by atoms with Crippen LogP contribution in [0.4, 0.5) is 0 Å². The third-order valence-electron chi connectivity index (χ3n) is 5.83. The molecule has 134 valence electrons. The summed E-state index contributed by atoms with van der Waals surface area (Å²) in [6.07, 6.45) is 9.86. The van der Waals surface area contributed by atoms with Gasteiger partial charge in [-0.25, -0.2) is 8.42 Å². The number of hydrogen-bond donors (Lipinski definition) is 1. The van der Waals surface area contributed by atoms with E-state index >= 15 is 0 Å². The van der Waals surface area contributed by atoms with E-state index in [0.29, 0.717) is 17.9 Å². The van der Waals surface area contributed by atoms with Gasteiger partial charge in [0, 0.05) is 24.8 Å². The van der Waals surface area contributed by atoms with E-state index in [2.05, 4.69) is 5.32 Å². The maximum atomic E-state index is 11.7. The molecule has 0 aromatic heterocycles. The summed E-state index contributed by atoms with van der Waals surface area (Å²) in [5.41, 5.74) is 0. The fourth-order valence-electron chi connectivity index (χ4n) is 4.32. The first-order valence-electron chi connectivity index (χ1n) is 9.16. The number of ether oxygens (including phenoxy) is 2. The summed E-state index contributed by atoms with van der Waals surface area (Å²) in [4.78, 5) is 0. The fourth-order valence-corrected chi connectivity index (χ4v) is 5.45. The minimum absolute atomic E-state index is 0.114. The van der Waals surface area contributed by atoms with Crippen LogP contribution in [-0.4, -0.2) is 52.0 Å². The molecule has 0 aromatic carbocycles. The van der Waals surface area contributed by atoms with Crippen LogP contribution in [0, 0.1) is 11.8 Å². The minimum atomic E-state index is -2.87. The second-order valence-electron chi connectivity index (χ2n) is 7.62. The van der Waals surface area contributed by atoms with Crippen LogP contribution >= 0.6 is 0 Å². The molecule has 23 heavy (non-hydrogen) atoms. The van der Waals surface area contributed by atoms with Crippen molar-refractivity contribution in [3.8, 4) is 0 Å². The van der Waals surface area contributed by atoms with Crippen LogP contribution in [0.3, 0.4) is 0 Å². The van der Waals surface area contributed by atoms with Gasteiger partial charge in [-0.2, -0.15) is 0 Å². The van der Waals surface area contributed by atoms with Gasteiger partial charge in [0.05, 0.1) is 18.5 Å². The minimum Gasteiger partial charge on any atom is -0.381 e. The van der Waals surface area contributed by atoms with Crippen LogP contribution in [0.15, 0.2) is 0 Å². The van der Waals surface area contributed by atoms with Crippen LogP contribution in [0.2, 0.25) is 0 Å². The molecule has 1 N–H and O–H groups in total. The maximum absolute atomic E-state index is 11.7. The Morgan fingerprint density at radius 2 is 1.87 bits per heavy atom. The molecular formula is C17H31NO4S. The highest BCUT2D eigenvalue weighted by Gasteiger charge is 2.34. The van der Waals surface area contributed by atoms with E-state index in [-0.39, 0.29) is 11.5 Å². The molecule has 2 aliphatic heterocycles. The quantitative estimate of drug-likeness (QED) is 0.827. The number of nitrogens with one attached hydrogen (secondary N) is 1. The molecule has 0 bridgehead atoms. The van der Waals surface area contributed by atoms with E-state index < -0.39 is 9.84 Å². The molecule has 3 unspecified atom stereocenters. The third-order valence-corrected chi connectivity index (χ3v) is 7.51. The molecule has 0 spiro atoms. The van der Waals surface area contributed by atoms with E-state index in [0.717, 1.165) is 58.3 Å². The van der Waals surface area contributed by atoms with Gasteiger partial charge < -0.3 is 9.47 Å². The lowest BCUT2D eigenvalue weighted by Gasteiger charge is -2.39. The molecule has 0 amide bonds. The highest BCUT2D eigenvalue weighted by atomic mass is 32.2. The van der Waals surface area contributed by atoms with Gasteiger partial charge in [0.25, 0.3) is 0 Å². The summed E-state index contributed by atoms with van der Waals surface area (Å²) in [6.45, 7) is 2.51. The Labute approximate surface area is 140 Å². The summed E-state index contributed by atoms with van der Waals surface area (Å²) >= 11 is 0. The van der Waals surface area contributed by atoms with Crippen molar-refractivity contribution in [2.24, 2.45) is 11.8 Å². The first-order chi connectivity index (χ1) is 11.0. The zero-order valence-corrected chi connectivity index (χ0v) is 15.0. The Kier molecular flexibility index (Phi) is 5.99. The molecule has 3 aliphatic rings. The normalized spacial score (nSPS) is 39.4. The smallest absolute Gasteiger partial charge is 0.150 e. The molecule has 1 saturated carbocycles. The van der Waals surface area contributed by atoms with Crippen molar-refractivity contribution in [3.05, 3.63) is 0 Å². The molecule has 5 nitrogen and oxygen atoms in total. The number of hydrogen-bond acceptors (Lipinski definition) is 5. The summed E-state index contributed by atoms with van der Waals surface area (Å²) in [5.74, 6) is 1.16. The average Bonchev–Trinajstić information content (AvgIpc) is 3.06. The first kappa shape index (κ1) is 17.6. The zero-order valence-electron chi connectivity index (χ0n) is 14.2. The molecule has 0 radical (unpaired) electrons. The maximum Gasteiger partial charge on any atom is 0.150 e. The SMILES string of the molecule is CS(=O)(=O)C1CCC(C2CCCC(OCC3CCOC3)N2)CC1. The van der Waals surface area contributed by atoms with E-state index in [1.807, 2.05) is 0 Å². The Bertz CT molecular complexity index is 467. The predicted octanol–water partition coefficient (Wildman–Crippen LogP) is 2.11. The van der Waals surface area contributed by atoms with Crippen molar-refractivity contribution in [1.29, 1.82) is 0 Å². The summed E-state index contributed by atoms with van der Waals surface area (Å²) in [7, 11) is -2.87. The largest absolute Gasteiger partial charge is 0.381 e. The molecule has 2 heterocycles. The summed E-state index contributed by atoms with van der Waals surface area (Å²) < 4.78 is 34.9. The average molecular weight is 346 g/mol. The Morgan fingerprint density at radius 3 is 2.52 bits per heavy atom. The Morgan fingerprint density at radius 1 is 1.09 bits per heavy atom. The van der Waals surface area contributed by atoms with Crippen molar-refractivity contribution >= 4 is 9.84 Å². The summed E-state index contributed by atoms with van der Waals surface area (Å²) in [5, 5.41) is 3.57. The lowest BCUT2D eigenvalue weighted by atomic mass is 9.80. The van der Waals surface area contributed by atoms with Gasteiger partial charge in [-0.3, -0.25) is 5.32 Å². The van der Waals surface area contributed by atoms with Crippen LogP contribution in [0.5, 0.6) is 0 Å². The van der Waals surface area contributed by atoms with Gasteiger partial charge in [-0.1, -0.05) is 0 Å². The van der Waals surface area contributed by atoms with E-state index in [1.54, 1.807) is 0 Å². The molecule has 1 aliphatic carbocycles. The molecule has 3 rings (SSSR count). The van der Waals surface area contributed by atoms with Crippen LogP contribution in [0.1, 0.15) is 51.4 Å². The first-order valence-corrected chi connectivity index (χ1v) is 11.1. The second-order valence-corrected chi connectivity index (χ2v) is 9.95. The molecule has 3 fully saturated rings. The Balaban J connectivity index is 1.43. The van der Waals surface area contributed by atoms with Gasteiger partial charge in [-0.15, -0.1) is 0 Å². The van der Waals surface area contributed by atoms with Gasteiger partial charge in [-0.05, 0) is 57.3 Å².